The Labute approximate surface area is 412 Å². The van der Waals surface area contributed by atoms with Gasteiger partial charge in [-0.3, -0.25) is 14.4 Å². The topological polar surface area (TPSA) is 78.9 Å². The Hall–Kier alpha value is -3.93. The molecule has 0 bridgehead atoms. The summed E-state index contributed by atoms with van der Waals surface area (Å²) in [5, 5.41) is 0. The van der Waals surface area contributed by atoms with E-state index in [2.05, 4.69) is 130 Å². The van der Waals surface area contributed by atoms with Gasteiger partial charge < -0.3 is 14.2 Å². The van der Waals surface area contributed by atoms with E-state index in [0.29, 0.717) is 19.3 Å². The molecule has 1 unspecified atom stereocenters. The van der Waals surface area contributed by atoms with Gasteiger partial charge in [0.2, 0.25) is 0 Å². The maximum absolute atomic E-state index is 12.8. The Morgan fingerprint density at radius 3 is 0.985 bits per heavy atom. The molecule has 0 spiro atoms. The van der Waals surface area contributed by atoms with E-state index in [1.807, 2.05) is 0 Å². The fraction of sp³-hybridized carbons (Fsp3) is 0.656. The van der Waals surface area contributed by atoms with Crippen LogP contribution in [0.2, 0.25) is 0 Å². The lowest BCUT2D eigenvalue weighted by Gasteiger charge is -2.18. The fourth-order valence-electron chi connectivity index (χ4n) is 7.19. The van der Waals surface area contributed by atoms with Gasteiger partial charge in [0.25, 0.3) is 0 Å². The minimum atomic E-state index is -0.812. The number of ether oxygens (including phenoxy) is 3. The summed E-state index contributed by atoms with van der Waals surface area (Å²) >= 11 is 0. The smallest absolute Gasteiger partial charge is 0.306 e. The van der Waals surface area contributed by atoms with Crippen LogP contribution in [0.4, 0.5) is 0 Å². The molecule has 0 aliphatic heterocycles. The molecule has 0 aromatic carbocycles. The van der Waals surface area contributed by atoms with E-state index in [-0.39, 0.29) is 37.5 Å². The maximum Gasteiger partial charge on any atom is 0.306 e. The molecular formula is C61H100O6. The van der Waals surface area contributed by atoms with E-state index in [4.69, 9.17) is 14.2 Å². The number of carbonyl (C=O) groups excluding carboxylic acids is 3. The van der Waals surface area contributed by atoms with Gasteiger partial charge >= 0.3 is 17.9 Å². The summed E-state index contributed by atoms with van der Waals surface area (Å²) in [4.78, 5) is 38.1. The molecule has 0 N–H and O–H groups in total. The van der Waals surface area contributed by atoms with Gasteiger partial charge in [0.1, 0.15) is 13.2 Å². The van der Waals surface area contributed by atoms with Crippen molar-refractivity contribution in [1.29, 1.82) is 0 Å². The highest BCUT2D eigenvalue weighted by molar-refractivity contribution is 5.71. The Balaban J connectivity index is 4.52. The second kappa shape index (κ2) is 54.7. The average Bonchev–Trinajstić information content (AvgIpc) is 3.33. The molecule has 0 rings (SSSR count). The van der Waals surface area contributed by atoms with E-state index >= 15 is 0 Å². The molecule has 0 radical (unpaired) electrons. The molecule has 6 nitrogen and oxygen atoms in total. The predicted molar refractivity (Wildman–Crippen MR) is 288 cm³/mol. The van der Waals surface area contributed by atoms with Crippen molar-refractivity contribution in [2.24, 2.45) is 0 Å². The molecule has 0 aromatic rings. The van der Waals surface area contributed by atoms with Crippen LogP contribution in [0.3, 0.4) is 0 Å². The number of allylic oxidation sites excluding steroid dienone is 18. The number of hydrogen-bond donors (Lipinski definition) is 0. The molecule has 0 saturated carbocycles. The standard InChI is InChI=1S/C61H100O6/c1-4-7-10-13-16-19-22-25-28-30-33-36-39-42-45-48-51-54-60(63)66-57-58(56-65-59(62)53-50-47-44-41-38-35-32-27-24-21-18-15-12-9-6-3)67-61(64)55-52-49-46-43-40-37-34-31-29-26-23-20-17-14-11-8-5-2/h7-8,10-11,16-17,19-20,25-29,32-33,36,42,45,58H,4-6,9,12-15,18,21-24,30-31,34-35,37-41,43-44,46-57H2,1-3H3/b10-7-,11-8-,19-16-,20-17-,28-25-,29-26-,32-27-,36-33-,45-42-. The quantitative estimate of drug-likeness (QED) is 0.0262. The summed E-state index contributed by atoms with van der Waals surface area (Å²) in [6, 6.07) is 0. The monoisotopic (exact) mass is 929 g/mol. The first-order valence-electron chi connectivity index (χ1n) is 27.4. The minimum Gasteiger partial charge on any atom is -0.462 e. The summed E-state index contributed by atoms with van der Waals surface area (Å²) in [7, 11) is 0. The average molecular weight is 929 g/mol. The summed E-state index contributed by atoms with van der Waals surface area (Å²) < 4.78 is 16.8. The molecule has 0 aliphatic carbocycles. The van der Waals surface area contributed by atoms with Crippen LogP contribution in [0.1, 0.15) is 239 Å². The second-order valence-electron chi connectivity index (χ2n) is 17.7. The third kappa shape index (κ3) is 52.9. The van der Waals surface area contributed by atoms with Gasteiger partial charge in [-0.15, -0.1) is 0 Å². The minimum absolute atomic E-state index is 0.106. The third-order valence-electron chi connectivity index (χ3n) is 11.2. The Kier molecular flexibility index (Phi) is 51.5. The van der Waals surface area contributed by atoms with Crippen LogP contribution in [-0.4, -0.2) is 37.2 Å². The molecule has 67 heavy (non-hydrogen) atoms. The first-order chi connectivity index (χ1) is 33.0. The lowest BCUT2D eigenvalue weighted by molar-refractivity contribution is -0.167. The van der Waals surface area contributed by atoms with E-state index in [1.165, 1.54) is 77.0 Å². The fourth-order valence-corrected chi connectivity index (χ4v) is 7.19. The van der Waals surface area contributed by atoms with Crippen LogP contribution in [0.25, 0.3) is 0 Å². The number of unbranched alkanes of at least 4 members (excludes halogenated alkanes) is 19. The Morgan fingerprint density at radius 1 is 0.313 bits per heavy atom. The van der Waals surface area contributed by atoms with Crippen molar-refractivity contribution in [3.05, 3.63) is 109 Å². The van der Waals surface area contributed by atoms with Gasteiger partial charge in [-0.1, -0.05) is 214 Å². The zero-order valence-electron chi connectivity index (χ0n) is 43.4. The first-order valence-corrected chi connectivity index (χ1v) is 27.4. The maximum atomic E-state index is 12.8. The summed E-state index contributed by atoms with van der Waals surface area (Å²) in [5.74, 6) is -0.986. The normalized spacial score (nSPS) is 12.9. The zero-order valence-corrected chi connectivity index (χ0v) is 43.4. The molecule has 0 amide bonds. The Morgan fingerprint density at radius 2 is 0.597 bits per heavy atom. The number of rotatable bonds is 48. The van der Waals surface area contributed by atoms with E-state index < -0.39 is 6.10 Å². The molecule has 1 atom stereocenters. The highest BCUT2D eigenvalue weighted by atomic mass is 16.6. The van der Waals surface area contributed by atoms with Crippen LogP contribution in [0.5, 0.6) is 0 Å². The van der Waals surface area contributed by atoms with Crippen LogP contribution in [0.15, 0.2) is 109 Å². The van der Waals surface area contributed by atoms with Crippen LogP contribution >= 0.6 is 0 Å². The van der Waals surface area contributed by atoms with Gasteiger partial charge in [0, 0.05) is 19.3 Å². The van der Waals surface area contributed by atoms with Gasteiger partial charge in [-0.2, -0.15) is 0 Å². The van der Waals surface area contributed by atoms with Crippen molar-refractivity contribution >= 4 is 17.9 Å². The predicted octanol–water partition coefficient (Wildman–Crippen LogP) is 18.3. The van der Waals surface area contributed by atoms with Crippen molar-refractivity contribution in [2.75, 3.05) is 13.2 Å². The van der Waals surface area contributed by atoms with Crippen molar-refractivity contribution in [3.8, 4) is 0 Å². The third-order valence-corrected chi connectivity index (χ3v) is 11.2. The molecular weight excluding hydrogens is 829 g/mol. The SMILES string of the molecule is CC/C=C\C/C=C\C/C=C\C/C=C\C/C=C\CCCC(=O)OCC(COC(=O)CCCCCCC/C=C\CCCCCCCC)OC(=O)CCCCCCCCC/C=C\C/C=C\C/C=C\CC. The summed E-state index contributed by atoms with van der Waals surface area (Å²) in [5.41, 5.74) is 0. The van der Waals surface area contributed by atoms with E-state index in [1.54, 1.807) is 0 Å². The molecule has 0 fully saturated rings. The molecule has 0 aliphatic rings. The van der Waals surface area contributed by atoms with Gasteiger partial charge in [0.05, 0.1) is 0 Å². The first kappa shape index (κ1) is 63.1. The largest absolute Gasteiger partial charge is 0.462 e. The number of carbonyl (C=O) groups is 3. The number of hydrogen-bond acceptors (Lipinski definition) is 6. The zero-order chi connectivity index (χ0) is 48.6. The highest BCUT2D eigenvalue weighted by Gasteiger charge is 2.19. The van der Waals surface area contributed by atoms with E-state index in [9.17, 15) is 14.4 Å². The van der Waals surface area contributed by atoms with Crippen molar-refractivity contribution in [1.82, 2.24) is 0 Å². The van der Waals surface area contributed by atoms with Crippen molar-refractivity contribution in [2.45, 2.75) is 245 Å². The van der Waals surface area contributed by atoms with Crippen molar-refractivity contribution < 1.29 is 28.6 Å². The lowest BCUT2D eigenvalue weighted by atomic mass is 10.1. The van der Waals surface area contributed by atoms with Crippen LogP contribution in [-0.2, 0) is 28.6 Å². The molecule has 0 aromatic heterocycles. The molecule has 6 heteroatoms. The molecule has 0 heterocycles. The second-order valence-corrected chi connectivity index (χ2v) is 17.7. The molecule has 380 valence electrons. The van der Waals surface area contributed by atoms with Crippen molar-refractivity contribution in [3.63, 3.8) is 0 Å². The summed E-state index contributed by atoms with van der Waals surface area (Å²) in [6.45, 7) is 6.34. The van der Waals surface area contributed by atoms with Gasteiger partial charge in [-0.05, 0) is 116 Å². The lowest BCUT2D eigenvalue weighted by Crippen LogP contribution is -2.30. The van der Waals surface area contributed by atoms with Crippen LogP contribution in [0, 0.1) is 0 Å². The Bertz CT molecular complexity index is 1390. The number of esters is 3. The van der Waals surface area contributed by atoms with Gasteiger partial charge in [-0.25, -0.2) is 0 Å². The van der Waals surface area contributed by atoms with Gasteiger partial charge in [0.15, 0.2) is 6.10 Å². The van der Waals surface area contributed by atoms with Crippen LogP contribution < -0.4 is 0 Å². The summed E-state index contributed by atoms with van der Waals surface area (Å²) in [6.07, 6.45) is 73.6. The highest BCUT2D eigenvalue weighted by Crippen LogP contribution is 2.14. The van der Waals surface area contributed by atoms with E-state index in [0.717, 1.165) is 116 Å². The molecule has 0 saturated heterocycles.